The van der Waals surface area contributed by atoms with E-state index in [2.05, 4.69) is 11.4 Å². The number of carbonyl (C=O) groups is 2. The number of aromatic hydroxyl groups is 1. The third kappa shape index (κ3) is 4.05. The van der Waals surface area contributed by atoms with Gasteiger partial charge in [0.05, 0.1) is 18.8 Å². The van der Waals surface area contributed by atoms with Crippen LogP contribution in [0.2, 0.25) is 0 Å². The SMILES string of the molecule is COc1cc([C@@H]2C(C(=O)OC(C)C)=C(C)NC3=C2C(=O)C[C@H](c2cccs2)C3)ccc1O. The van der Waals surface area contributed by atoms with E-state index in [-0.39, 0.29) is 29.3 Å². The van der Waals surface area contributed by atoms with E-state index in [1.807, 2.05) is 18.4 Å². The van der Waals surface area contributed by atoms with Crippen LogP contribution in [0.25, 0.3) is 0 Å². The molecule has 0 fully saturated rings. The number of hydrogen-bond acceptors (Lipinski definition) is 7. The molecule has 1 aliphatic carbocycles. The molecule has 32 heavy (non-hydrogen) atoms. The Kier molecular flexibility index (Phi) is 6.11. The van der Waals surface area contributed by atoms with Crippen molar-refractivity contribution in [2.75, 3.05) is 7.11 Å². The first-order valence-corrected chi connectivity index (χ1v) is 11.5. The lowest BCUT2D eigenvalue weighted by molar-refractivity contribution is -0.143. The number of phenolic OH excluding ortho intramolecular Hbond substituents is 1. The maximum atomic E-state index is 13.5. The summed E-state index contributed by atoms with van der Waals surface area (Å²) < 4.78 is 10.8. The van der Waals surface area contributed by atoms with Gasteiger partial charge in [0.15, 0.2) is 17.3 Å². The second-order valence-electron chi connectivity index (χ2n) is 8.42. The van der Waals surface area contributed by atoms with Crippen LogP contribution >= 0.6 is 11.3 Å². The van der Waals surface area contributed by atoms with Crippen molar-refractivity contribution < 1.29 is 24.2 Å². The predicted octanol–water partition coefficient (Wildman–Crippen LogP) is 4.78. The van der Waals surface area contributed by atoms with E-state index in [0.29, 0.717) is 35.2 Å². The minimum Gasteiger partial charge on any atom is -0.504 e. The Hall–Kier alpha value is -3.06. The highest BCUT2D eigenvalue weighted by Gasteiger charge is 2.42. The summed E-state index contributed by atoms with van der Waals surface area (Å²) in [5.41, 5.74) is 3.22. The number of ketones is 1. The molecule has 4 rings (SSSR count). The van der Waals surface area contributed by atoms with Crippen molar-refractivity contribution in [3.63, 3.8) is 0 Å². The highest BCUT2D eigenvalue weighted by Crippen LogP contribution is 2.47. The average molecular weight is 454 g/mol. The number of nitrogens with one attached hydrogen (secondary N) is 1. The number of dihydropyridines is 1. The molecule has 1 aromatic heterocycles. The van der Waals surface area contributed by atoms with Gasteiger partial charge in [-0.3, -0.25) is 4.79 Å². The minimum atomic E-state index is -0.594. The number of thiophene rings is 1. The molecule has 7 heteroatoms. The molecule has 1 aromatic carbocycles. The molecule has 0 spiro atoms. The molecule has 0 saturated heterocycles. The van der Waals surface area contributed by atoms with Crippen LogP contribution in [0.4, 0.5) is 0 Å². The van der Waals surface area contributed by atoms with Crippen molar-refractivity contribution in [1.82, 2.24) is 5.32 Å². The summed E-state index contributed by atoms with van der Waals surface area (Å²) in [6, 6.07) is 9.00. The lowest BCUT2D eigenvalue weighted by atomic mass is 9.72. The molecular weight excluding hydrogens is 426 g/mol. The van der Waals surface area contributed by atoms with Crippen molar-refractivity contribution in [3.8, 4) is 11.5 Å². The first-order valence-electron chi connectivity index (χ1n) is 10.7. The van der Waals surface area contributed by atoms with Crippen molar-refractivity contribution in [2.24, 2.45) is 0 Å². The molecule has 0 saturated carbocycles. The summed E-state index contributed by atoms with van der Waals surface area (Å²) in [6.07, 6.45) is 0.786. The van der Waals surface area contributed by atoms with Crippen LogP contribution in [0.5, 0.6) is 11.5 Å². The number of Topliss-reactive ketones (excluding diaryl/α,β-unsaturated/α-hetero) is 1. The highest BCUT2D eigenvalue weighted by molar-refractivity contribution is 7.10. The fourth-order valence-corrected chi connectivity index (χ4v) is 5.35. The Labute approximate surface area is 191 Å². The third-order valence-electron chi connectivity index (χ3n) is 5.87. The Morgan fingerprint density at radius 3 is 2.69 bits per heavy atom. The fraction of sp³-hybridized carbons (Fsp3) is 0.360. The number of allylic oxidation sites excluding steroid dienone is 3. The molecule has 2 aromatic rings. The molecule has 0 amide bonds. The lowest BCUT2D eigenvalue weighted by Crippen LogP contribution is -2.36. The van der Waals surface area contributed by atoms with Gasteiger partial charge >= 0.3 is 5.97 Å². The first kappa shape index (κ1) is 22.1. The van der Waals surface area contributed by atoms with Crippen molar-refractivity contribution >= 4 is 23.1 Å². The van der Waals surface area contributed by atoms with E-state index in [4.69, 9.17) is 9.47 Å². The number of benzene rings is 1. The topological polar surface area (TPSA) is 84.9 Å². The van der Waals surface area contributed by atoms with E-state index in [9.17, 15) is 14.7 Å². The summed E-state index contributed by atoms with van der Waals surface area (Å²) in [4.78, 5) is 27.8. The predicted molar refractivity (Wildman–Crippen MR) is 123 cm³/mol. The molecule has 1 aliphatic heterocycles. The maximum Gasteiger partial charge on any atom is 0.337 e. The number of esters is 1. The monoisotopic (exact) mass is 453 g/mol. The number of rotatable bonds is 5. The second kappa shape index (κ2) is 8.82. The fourth-order valence-electron chi connectivity index (χ4n) is 4.52. The van der Waals surface area contributed by atoms with Crippen molar-refractivity contribution in [3.05, 3.63) is 68.7 Å². The largest absolute Gasteiger partial charge is 0.504 e. The summed E-state index contributed by atoms with van der Waals surface area (Å²) in [5, 5.41) is 15.5. The molecule has 0 bridgehead atoms. The number of ether oxygens (including phenoxy) is 2. The lowest BCUT2D eigenvalue weighted by Gasteiger charge is -2.36. The van der Waals surface area contributed by atoms with Crippen LogP contribution in [-0.2, 0) is 14.3 Å². The Bertz CT molecular complexity index is 1110. The Balaban J connectivity index is 1.83. The summed E-state index contributed by atoms with van der Waals surface area (Å²) in [7, 11) is 1.47. The van der Waals surface area contributed by atoms with Crippen LogP contribution in [0.3, 0.4) is 0 Å². The summed E-state index contributed by atoms with van der Waals surface area (Å²) >= 11 is 1.65. The van der Waals surface area contributed by atoms with Gasteiger partial charge in [0.1, 0.15) is 0 Å². The molecule has 2 atom stereocenters. The van der Waals surface area contributed by atoms with Crippen LogP contribution in [0, 0.1) is 0 Å². The standard InChI is InChI=1S/C25H27NO5S/c1-13(2)31-25(29)22-14(3)26-17-10-16(21-6-5-9-32-21)11-19(28)24(17)23(22)15-7-8-18(27)20(12-15)30-4/h5-9,12-13,16,23,26-27H,10-11H2,1-4H3/t16-,23-/m1/s1. The summed E-state index contributed by atoms with van der Waals surface area (Å²) in [5.74, 6) is -0.640. The van der Waals surface area contributed by atoms with E-state index >= 15 is 0 Å². The van der Waals surface area contributed by atoms with Crippen LogP contribution in [0.1, 0.15) is 55.9 Å². The minimum absolute atomic E-state index is 0.000809. The third-order valence-corrected chi connectivity index (χ3v) is 6.91. The summed E-state index contributed by atoms with van der Waals surface area (Å²) in [6.45, 7) is 5.43. The van der Waals surface area contributed by atoms with E-state index in [1.165, 1.54) is 18.1 Å². The number of carbonyl (C=O) groups excluding carboxylic acids is 2. The number of phenols is 1. The molecule has 168 valence electrons. The average Bonchev–Trinajstić information content (AvgIpc) is 3.27. The molecular formula is C25H27NO5S. The van der Waals surface area contributed by atoms with Gasteiger partial charge in [0, 0.05) is 40.1 Å². The van der Waals surface area contributed by atoms with Crippen LogP contribution in [0.15, 0.2) is 58.3 Å². The second-order valence-corrected chi connectivity index (χ2v) is 9.40. The Morgan fingerprint density at radius 1 is 1.25 bits per heavy atom. The van der Waals surface area contributed by atoms with Crippen LogP contribution < -0.4 is 10.1 Å². The van der Waals surface area contributed by atoms with Gasteiger partial charge in [-0.05, 0) is 56.3 Å². The molecule has 2 aliphatic rings. The van der Waals surface area contributed by atoms with Crippen LogP contribution in [-0.4, -0.2) is 30.1 Å². The van der Waals surface area contributed by atoms with Gasteiger partial charge in [-0.15, -0.1) is 11.3 Å². The van der Waals surface area contributed by atoms with E-state index < -0.39 is 11.9 Å². The highest BCUT2D eigenvalue weighted by atomic mass is 32.1. The first-order chi connectivity index (χ1) is 15.3. The van der Waals surface area contributed by atoms with Gasteiger partial charge in [0.2, 0.25) is 0 Å². The maximum absolute atomic E-state index is 13.5. The Morgan fingerprint density at radius 2 is 2.03 bits per heavy atom. The van der Waals surface area contributed by atoms with E-state index in [0.717, 1.165) is 5.70 Å². The number of methoxy groups -OCH3 is 1. The van der Waals surface area contributed by atoms with Gasteiger partial charge < -0.3 is 19.9 Å². The van der Waals surface area contributed by atoms with E-state index in [1.54, 1.807) is 37.3 Å². The molecule has 2 heterocycles. The quantitative estimate of drug-likeness (QED) is 0.634. The van der Waals surface area contributed by atoms with Crippen molar-refractivity contribution in [1.29, 1.82) is 0 Å². The smallest absolute Gasteiger partial charge is 0.337 e. The zero-order valence-corrected chi connectivity index (χ0v) is 19.4. The molecule has 0 unspecified atom stereocenters. The van der Waals surface area contributed by atoms with Gasteiger partial charge in [0.25, 0.3) is 0 Å². The molecule has 2 N–H and O–H groups in total. The normalized spacial score (nSPS) is 20.8. The molecule has 0 radical (unpaired) electrons. The van der Waals surface area contributed by atoms with Gasteiger partial charge in [-0.1, -0.05) is 12.1 Å². The van der Waals surface area contributed by atoms with Crippen molar-refractivity contribution in [2.45, 2.75) is 51.6 Å². The van der Waals surface area contributed by atoms with Gasteiger partial charge in [-0.2, -0.15) is 0 Å². The van der Waals surface area contributed by atoms with Gasteiger partial charge in [-0.25, -0.2) is 4.79 Å². The zero-order valence-electron chi connectivity index (χ0n) is 18.6. The number of hydrogen-bond donors (Lipinski definition) is 2. The molecule has 6 nitrogen and oxygen atoms in total. The zero-order chi connectivity index (χ0) is 23.0.